The van der Waals surface area contributed by atoms with Gasteiger partial charge in [0, 0.05) is 13.2 Å². The Morgan fingerprint density at radius 2 is 1.19 bits per heavy atom. The monoisotopic (exact) mass is 302 g/mol. The Balaban J connectivity index is 2.96. The lowest BCUT2D eigenvalue weighted by molar-refractivity contribution is -0.104. The Bertz CT molecular complexity index is 185. The molecule has 1 unspecified atom stereocenters. The molecule has 128 valence electrons. The number of hydrogen-bond acceptors (Lipinski definition) is 3. The molecular weight excluding hydrogens is 264 g/mol. The lowest BCUT2D eigenvalue weighted by Gasteiger charge is -2.09. The Kier molecular flexibility index (Phi) is 17.8. The summed E-state index contributed by atoms with van der Waals surface area (Å²) in [4.78, 5) is 0. The molecule has 0 aromatic carbocycles. The van der Waals surface area contributed by atoms with Crippen molar-refractivity contribution in [2.45, 2.75) is 97.2 Å². The molecule has 0 saturated heterocycles. The molecule has 0 aliphatic heterocycles. The molecule has 3 nitrogen and oxygen atoms in total. The zero-order valence-electron chi connectivity index (χ0n) is 14.4. The van der Waals surface area contributed by atoms with Crippen LogP contribution in [0.2, 0.25) is 0 Å². The van der Waals surface area contributed by atoms with Gasteiger partial charge in [-0.05, 0) is 19.3 Å². The van der Waals surface area contributed by atoms with Gasteiger partial charge in [-0.1, -0.05) is 71.6 Å². The van der Waals surface area contributed by atoms with Gasteiger partial charge in [0.2, 0.25) is 0 Å². The van der Waals surface area contributed by atoms with E-state index in [1.807, 2.05) is 6.92 Å². The van der Waals surface area contributed by atoms with Gasteiger partial charge in [0.1, 0.15) is 0 Å². The van der Waals surface area contributed by atoms with Crippen LogP contribution in [0.15, 0.2) is 0 Å². The summed E-state index contributed by atoms with van der Waals surface area (Å²) in [5.74, 6) is 0. The van der Waals surface area contributed by atoms with E-state index in [1.165, 1.54) is 64.2 Å². The maximum absolute atomic E-state index is 9.20. The van der Waals surface area contributed by atoms with E-state index in [0.717, 1.165) is 19.6 Å². The van der Waals surface area contributed by atoms with Crippen LogP contribution < -0.4 is 0 Å². The van der Waals surface area contributed by atoms with E-state index < -0.39 is 6.29 Å². The molecule has 0 aliphatic rings. The first-order valence-corrected chi connectivity index (χ1v) is 9.18. The highest BCUT2D eigenvalue weighted by Crippen LogP contribution is 2.10. The zero-order chi connectivity index (χ0) is 15.6. The molecule has 0 saturated carbocycles. The summed E-state index contributed by atoms with van der Waals surface area (Å²) in [6, 6.07) is 0. The van der Waals surface area contributed by atoms with Crippen LogP contribution in [0.1, 0.15) is 90.9 Å². The number of hydrogen-bond donors (Lipinski definition) is 1. The van der Waals surface area contributed by atoms with E-state index in [2.05, 4.69) is 6.92 Å². The van der Waals surface area contributed by atoms with Gasteiger partial charge in [-0.2, -0.15) is 0 Å². The average molecular weight is 302 g/mol. The largest absolute Gasteiger partial charge is 0.381 e. The van der Waals surface area contributed by atoms with Crippen LogP contribution in [-0.4, -0.2) is 31.2 Å². The van der Waals surface area contributed by atoms with Crippen molar-refractivity contribution in [3.63, 3.8) is 0 Å². The summed E-state index contributed by atoms with van der Waals surface area (Å²) >= 11 is 0. The molecule has 0 aliphatic carbocycles. The van der Waals surface area contributed by atoms with Gasteiger partial charge in [-0.15, -0.1) is 0 Å². The quantitative estimate of drug-likeness (QED) is 0.301. The second-order valence-electron chi connectivity index (χ2n) is 5.88. The first kappa shape index (κ1) is 20.9. The van der Waals surface area contributed by atoms with Crippen molar-refractivity contribution in [2.24, 2.45) is 0 Å². The van der Waals surface area contributed by atoms with Crippen molar-refractivity contribution < 1.29 is 14.6 Å². The summed E-state index contributed by atoms with van der Waals surface area (Å²) in [7, 11) is 0. The maximum atomic E-state index is 9.20. The molecule has 0 aromatic rings. The van der Waals surface area contributed by atoms with Gasteiger partial charge in [0.05, 0.1) is 6.61 Å². The summed E-state index contributed by atoms with van der Waals surface area (Å²) in [5.41, 5.74) is 0. The molecule has 3 heteroatoms. The molecule has 0 fully saturated rings. The number of rotatable bonds is 17. The molecule has 0 aromatic heterocycles. The second-order valence-corrected chi connectivity index (χ2v) is 5.88. The summed E-state index contributed by atoms with van der Waals surface area (Å²) < 4.78 is 10.7. The molecule has 0 amide bonds. The zero-order valence-corrected chi connectivity index (χ0v) is 14.4. The Labute approximate surface area is 132 Å². The average Bonchev–Trinajstić information content (AvgIpc) is 2.50. The minimum absolute atomic E-state index is 0.590. The first-order chi connectivity index (χ1) is 10.3. The van der Waals surface area contributed by atoms with Crippen molar-refractivity contribution >= 4 is 0 Å². The topological polar surface area (TPSA) is 38.7 Å². The summed E-state index contributed by atoms with van der Waals surface area (Å²) in [6.07, 6.45) is 14.5. The molecule has 21 heavy (non-hydrogen) atoms. The van der Waals surface area contributed by atoms with E-state index in [9.17, 15) is 5.11 Å². The SMILES string of the molecule is CCCCCCCCCCCCOCCCOC(O)CC. The van der Waals surface area contributed by atoms with Crippen LogP contribution in [-0.2, 0) is 9.47 Å². The van der Waals surface area contributed by atoms with Crippen molar-refractivity contribution in [3.05, 3.63) is 0 Å². The molecule has 0 spiro atoms. The number of aliphatic hydroxyl groups is 1. The van der Waals surface area contributed by atoms with Crippen LogP contribution in [0.3, 0.4) is 0 Å². The van der Waals surface area contributed by atoms with Gasteiger partial charge in [0.25, 0.3) is 0 Å². The molecule has 0 heterocycles. The highest BCUT2D eigenvalue weighted by molar-refractivity contribution is 4.47. The van der Waals surface area contributed by atoms with Gasteiger partial charge in [-0.3, -0.25) is 0 Å². The minimum Gasteiger partial charge on any atom is -0.381 e. The predicted octanol–water partition coefficient (Wildman–Crippen LogP) is 5.06. The lowest BCUT2D eigenvalue weighted by Crippen LogP contribution is -2.12. The van der Waals surface area contributed by atoms with Gasteiger partial charge in [-0.25, -0.2) is 0 Å². The van der Waals surface area contributed by atoms with Gasteiger partial charge < -0.3 is 14.6 Å². The predicted molar refractivity (Wildman–Crippen MR) is 89.5 cm³/mol. The third-order valence-electron chi connectivity index (χ3n) is 3.73. The van der Waals surface area contributed by atoms with Crippen LogP contribution in [0.5, 0.6) is 0 Å². The fourth-order valence-corrected chi connectivity index (χ4v) is 2.29. The number of aliphatic hydroxyl groups excluding tert-OH is 1. The Morgan fingerprint density at radius 3 is 1.76 bits per heavy atom. The van der Waals surface area contributed by atoms with Gasteiger partial charge >= 0.3 is 0 Å². The van der Waals surface area contributed by atoms with E-state index in [1.54, 1.807) is 0 Å². The normalized spacial score (nSPS) is 12.7. The van der Waals surface area contributed by atoms with E-state index in [0.29, 0.717) is 13.0 Å². The smallest absolute Gasteiger partial charge is 0.154 e. The third kappa shape index (κ3) is 17.8. The van der Waals surface area contributed by atoms with E-state index >= 15 is 0 Å². The lowest BCUT2D eigenvalue weighted by atomic mass is 10.1. The molecule has 1 atom stereocenters. The van der Waals surface area contributed by atoms with Crippen molar-refractivity contribution in [1.29, 1.82) is 0 Å². The fraction of sp³-hybridized carbons (Fsp3) is 1.00. The highest BCUT2D eigenvalue weighted by Gasteiger charge is 1.99. The fourth-order valence-electron chi connectivity index (χ4n) is 2.29. The van der Waals surface area contributed by atoms with Gasteiger partial charge in [0.15, 0.2) is 6.29 Å². The number of ether oxygens (including phenoxy) is 2. The van der Waals surface area contributed by atoms with Crippen LogP contribution >= 0.6 is 0 Å². The molecular formula is C18H38O3. The second kappa shape index (κ2) is 17.9. The molecule has 0 bridgehead atoms. The van der Waals surface area contributed by atoms with Crippen LogP contribution in [0.4, 0.5) is 0 Å². The maximum Gasteiger partial charge on any atom is 0.154 e. The molecule has 0 rings (SSSR count). The van der Waals surface area contributed by atoms with Crippen molar-refractivity contribution in [2.75, 3.05) is 19.8 Å². The summed E-state index contributed by atoms with van der Waals surface area (Å²) in [5, 5.41) is 9.20. The molecule has 0 radical (unpaired) electrons. The summed E-state index contributed by atoms with van der Waals surface area (Å²) in [6.45, 7) is 6.38. The third-order valence-corrected chi connectivity index (χ3v) is 3.73. The standard InChI is InChI=1S/C18H38O3/c1-3-5-6-7-8-9-10-11-12-13-15-20-16-14-17-21-18(19)4-2/h18-19H,3-17H2,1-2H3. The van der Waals surface area contributed by atoms with E-state index in [4.69, 9.17) is 9.47 Å². The number of unbranched alkanes of at least 4 members (excludes halogenated alkanes) is 9. The van der Waals surface area contributed by atoms with Crippen molar-refractivity contribution in [1.82, 2.24) is 0 Å². The Morgan fingerprint density at radius 1 is 0.667 bits per heavy atom. The minimum atomic E-state index is -0.605. The molecule has 1 N–H and O–H groups in total. The Hall–Kier alpha value is -0.120. The van der Waals surface area contributed by atoms with Crippen molar-refractivity contribution in [3.8, 4) is 0 Å². The first-order valence-electron chi connectivity index (χ1n) is 9.18. The van der Waals surface area contributed by atoms with E-state index in [-0.39, 0.29) is 0 Å². The van der Waals surface area contributed by atoms with Crippen LogP contribution in [0.25, 0.3) is 0 Å². The van der Waals surface area contributed by atoms with Crippen LogP contribution in [0, 0.1) is 0 Å². The highest BCUT2D eigenvalue weighted by atomic mass is 16.6.